The maximum absolute atomic E-state index is 11.8. The Labute approximate surface area is 140 Å². The van der Waals surface area contributed by atoms with Crippen molar-refractivity contribution < 1.29 is 9.21 Å². The molecule has 2 aromatic rings. The predicted molar refractivity (Wildman–Crippen MR) is 91.2 cm³/mol. The number of oxazole rings is 1. The fraction of sp³-hybridized carbons (Fsp3) is 0.375. The van der Waals surface area contributed by atoms with E-state index in [2.05, 4.69) is 27.3 Å². The Hall–Kier alpha value is -2.58. The average molecular weight is 330 g/mol. The van der Waals surface area contributed by atoms with Crippen molar-refractivity contribution in [2.45, 2.75) is 32.2 Å². The first kappa shape index (κ1) is 16.3. The Morgan fingerprint density at radius 3 is 2.88 bits per heavy atom. The summed E-state index contributed by atoms with van der Waals surface area (Å²) in [7, 11) is 1.96. The number of hydrazine groups is 2. The van der Waals surface area contributed by atoms with Crippen LogP contribution in [0.1, 0.15) is 36.0 Å². The number of rotatable bonds is 6. The lowest BCUT2D eigenvalue weighted by atomic mass is 10.1. The number of nitrogens with zero attached hydrogens (tertiary/aromatic N) is 2. The summed E-state index contributed by atoms with van der Waals surface area (Å²) in [6, 6.07) is 5.50. The number of carbonyl (C=O) groups excluding carboxylic acids is 1. The van der Waals surface area contributed by atoms with Crippen LogP contribution in [0.15, 0.2) is 28.8 Å². The van der Waals surface area contributed by atoms with Crippen molar-refractivity contribution in [3.8, 4) is 0 Å². The molecule has 0 saturated heterocycles. The number of carbonyl (C=O) groups is 1. The van der Waals surface area contributed by atoms with Gasteiger partial charge in [-0.05, 0) is 37.3 Å². The Morgan fingerprint density at radius 2 is 2.25 bits per heavy atom. The maximum Gasteiger partial charge on any atom is 0.334 e. The minimum atomic E-state index is -0.424. The number of aromatic nitrogens is 1. The van der Waals surface area contributed by atoms with Gasteiger partial charge in [0.15, 0.2) is 0 Å². The van der Waals surface area contributed by atoms with E-state index in [-0.39, 0.29) is 0 Å². The lowest BCUT2D eigenvalue weighted by Crippen LogP contribution is -2.44. The summed E-state index contributed by atoms with van der Waals surface area (Å²) in [5, 5.41) is 2.82. The fourth-order valence-corrected chi connectivity index (χ4v) is 2.79. The van der Waals surface area contributed by atoms with Crippen LogP contribution in [0.2, 0.25) is 0 Å². The first-order valence-electron chi connectivity index (χ1n) is 7.86. The molecule has 0 atom stereocenters. The van der Waals surface area contributed by atoms with Gasteiger partial charge in [-0.3, -0.25) is 11.3 Å². The van der Waals surface area contributed by atoms with Crippen LogP contribution in [0.4, 0.5) is 16.2 Å². The topological polar surface area (TPSA) is 108 Å². The first-order valence-corrected chi connectivity index (χ1v) is 7.86. The van der Waals surface area contributed by atoms with E-state index in [4.69, 9.17) is 10.3 Å². The van der Waals surface area contributed by atoms with Gasteiger partial charge in [-0.1, -0.05) is 12.1 Å². The van der Waals surface area contributed by atoms with Gasteiger partial charge in [0, 0.05) is 7.05 Å². The largest absolute Gasteiger partial charge is 0.444 e. The summed E-state index contributed by atoms with van der Waals surface area (Å²) in [6.45, 7) is 2.38. The van der Waals surface area contributed by atoms with Gasteiger partial charge >= 0.3 is 6.03 Å². The summed E-state index contributed by atoms with van der Waals surface area (Å²) < 4.78 is 5.57. The van der Waals surface area contributed by atoms with Crippen LogP contribution in [0, 0.1) is 6.92 Å². The van der Waals surface area contributed by atoms with Gasteiger partial charge in [-0.2, -0.15) is 5.53 Å². The van der Waals surface area contributed by atoms with Crippen molar-refractivity contribution in [1.82, 2.24) is 15.9 Å². The third kappa shape index (κ3) is 3.66. The van der Waals surface area contributed by atoms with Crippen LogP contribution < -0.4 is 27.0 Å². The van der Waals surface area contributed by atoms with E-state index in [1.807, 2.05) is 31.0 Å². The molecule has 0 spiro atoms. The van der Waals surface area contributed by atoms with Crippen LogP contribution in [0.5, 0.6) is 0 Å². The average Bonchev–Trinajstić information content (AvgIpc) is 3.30. The van der Waals surface area contributed by atoms with Crippen LogP contribution in [-0.2, 0) is 6.54 Å². The highest BCUT2D eigenvalue weighted by atomic mass is 16.4. The molecule has 1 aromatic heterocycles. The molecule has 8 nitrogen and oxygen atoms in total. The second-order valence-electron chi connectivity index (χ2n) is 5.96. The molecule has 24 heavy (non-hydrogen) atoms. The summed E-state index contributed by atoms with van der Waals surface area (Å²) >= 11 is 0. The van der Waals surface area contributed by atoms with Gasteiger partial charge in [-0.15, -0.1) is 0 Å². The molecule has 5 N–H and O–H groups in total. The van der Waals surface area contributed by atoms with E-state index in [0.29, 0.717) is 18.4 Å². The van der Waals surface area contributed by atoms with Crippen LogP contribution in [0.3, 0.4) is 0 Å². The monoisotopic (exact) mass is 330 g/mol. The molecule has 0 bridgehead atoms. The van der Waals surface area contributed by atoms with Crippen LogP contribution in [-0.4, -0.2) is 18.1 Å². The zero-order valence-electron chi connectivity index (χ0n) is 13.8. The van der Waals surface area contributed by atoms with E-state index in [0.717, 1.165) is 17.1 Å². The van der Waals surface area contributed by atoms with Crippen LogP contribution >= 0.6 is 0 Å². The zero-order valence-corrected chi connectivity index (χ0v) is 13.8. The van der Waals surface area contributed by atoms with Crippen molar-refractivity contribution in [2.75, 3.05) is 17.3 Å². The first-order chi connectivity index (χ1) is 11.6. The van der Waals surface area contributed by atoms with Crippen molar-refractivity contribution in [2.24, 2.45) is 5.84 Å². The molecular weight excluding hydrogens is 308 g/mol. The molecule has 0 radical (unpaired) electrons. The molecule has 8 heteroatoms. The third-order valence-corrected chi connectivity index (χ3v) is 3.94. The molecule has 1 fully saturated rings. The third-order valence-electron chi connectivity index (χ3n) is 3.94. The van der Waals surface area contributed by atoms with Gasteiger partial charge in [0.05, 0.1) is 24.1 Å². The highest BCUT2D eigenvalue weighted by Gasteiger charge is 2.29. The Morgan fingerprint density at radius 1 is 1.46 bits per heavy atom. The number of nitrogens with one attached hydrogen (secondary N) is 3. The summed E-state index contributed by atoms with van der Waals surface area (Å²) in [5.41, 5.74) is 7.35. The van der Waals surface area contributed by atoms with Gasteiger partial charge in [-0.25, -0.2) is 9.78 Å². The molecule has 1 aromatic carbocycles. The molecular formula is C16H22N6O2. The fourth-order valence-electron chi connectivity index (χ4n) is 2.79. The molecule has 3 rings (SSSR count). The SMILES string of the molecule is Cc1cnc(CN(C)c2c(NC(=O)NNN)cccc2C2CC2)o1. The smallest absolute Gasteiger partial charge is 0.334 e. The highest BCUT2D eigenvalue weighted by molar-refractivity contribution is 5.93. The second-order valence-corrected chi connectivity index (χ2v) is 5.96. The quantitative estimate of drug-likeness (QED) is 0.476. The normalized spacial score (nSPS) is 13.6. The Bertz CT molecular complexity index is 725. The van der Waals surface area contributed by atoms with Gasteiger partial charge in [0.25, 0.3) is 0 Å². The molecule has 1 aliphatic carbocycles. The summed E-state index contributed by atoms with van der Waals surface area (Å²) in [5.74, 6) is 7.07. The minimum Gasteiger partial charge on any atom is -0.444 e. The molecule has 0 unspecified atom stereocenters. The van der Waals surface area contributed by atoms with Gasteiger partial charge in [0.1, 0.15) is 5.76 Å². The zero-order chi connectivity index (χ0) is 17.1. The highest BCUT2D eigenvalue weighted by Crippen LogP contribution is 2.46. The molecule has 2 amide bonds. The lowest BCUT2D eigenvalue weighted by molar-refractivity contribution is 0.248. The summed E-state index contributed by atoms with van der Waals surface area (Å²) in [4.78, 5) is 18.1. The number of hydrogen-bond acceptors (Lipinski definition) is 6. The van der Waals surface area contributed by atoms with E-state index in [1.54, 1.807) is 6.20 Å². The minimum absolute atomic E-state index is 0.424. The number of anilines is 2. The Kier molecular flexibility index (Phi) is 4.68. The molecule has 128 valence electrons. The van der Waals surface area contributed by atoms with Crippen molar-refractivity contribution in [3.05, 3.63) is 41.6 Å². The van der Waals surface area contributed by atoms with Gasteiger partial charge < -0.3 is 14.6 Å². The standard InChI is InChI=1S/C16H22N6O2/c1-10-8-18-14(24-10)9-22(2)15-12(11-6-7-11)4-3-5-13(15)19-16(23)20-21-17/h3-5,8,11,21H,6-7,9,17H2,1-2H3,(H2,19,20,23). The van der Waals surface area contributed by atoms with E-state index < -0.39 is 6.03 Å². The van der Waals surface area contributed by atoms with Crippen molar-refractivity contribution in [3.63, 3.8) is 0 Å². The second kappa shape index (κ2) is 6.90. The lowest BCUT2D eigenvalue weighted by Gasteiger charge is -2.24. The van der Waals surface area contributed by atoms with E-state index in [1.165, 1.54) is 18.4 Å². The van der Waals surface area contributed by atoms with Crippen molar-refractivity contribution >= 4 is 17.4 Å². The maximum atomic E-state index is 11.8. The number of para-hydroxylation sites is 1. The number of nitrogens with two attached hydrogens (primary N) is 1. The molecule has 0 aliphatic heterocycles. The number of hydrogen-bond donors (Lipinski definition) is 4. The summed E-state index contributed by atoms with van der Waals surface area (Å²) in [6.07, 6.45) is 4.04. The number of amides is 2. The number of urea groups is 1. The van der Waals surface area contributed by atoms with Gasteiger partial charge in [0.2, 0.25) is 5.89 Å². The molecule has 1 aliphatic rings. The van der Waals surface area contributed by atoms with Crippen molar-refractivity contribution in [1.29, 1.82) is 0 Å². The van der Waals surface area contributed by atoms with E-state index in [9.17, 15) is 4.79 Å². The van der Waals surface area contributed by atoms with Crippen LogP contribution in [0.25, 0.3) is 0 Å². The molecule has 1 saturated carbocycles. The Balaban J connectivity index is 1.88. The van der Waals surface area contributed by atoms with E-state index >= 15 is 0 Å². The molecule has 1 heterocycles. The number of aryl methyl sites for hydroxylation is 1. The number of benzene rings is 1. The predicted octanol–water partition coefficient (Wildman–Crippen LogP) is 2.00.